The lowest BCUT2D eigenvalue weighted by Crippen LogP contribution is -2.63. The molecule has 142 valence electrons. The van der Waals surface area contributed by atoms with Gasteiger partial charge >= 0.3 is 0 Å². The monoisotopic (exact) mass is 380 g/mol. The van der Waals surface area contributed by atoms with Crippen LogP contribution in [0, 0.1) is 56.2 Å². The molecule has 3 aliphatic heterocycles. The van der Waals surface area contributed by atoms with Crippen molar-refractivity contribution in [3.8, 4) is 18.2 Å². The number of nitrogens with zero attached hydrogens (tertiary/aromatic N) is 3. The predicted octanol–water partition coefficient (Wildman–Crippen LogP) is 2.14. The van der Waals surface area contributed by atoms with Crippen LogP contribution in [0.15, 0.2) is 23.0 Å². The molecule has 0 amide bonds. The number of ether oxygens (including phenoxy) is 4. The molecule has 0 radical (unpaired) electrons. The normalized spacial score (nSPS) is 39.4. The van der Waals surface area contributed by atoms with E-state index in [0.717, 1.165) is 0 Å². The van der Waals surface area contributed by atoms with Crippen LogP contribution in [0.2, 0.25) is 0 Å². The largest absolute Gasteiger partial charge is 0.472 e. The first-order valence-corrected chi connectivity index (χ1v) is 9.01. The van der Waals surface area contributed by atoms with E-state index in [1.165, 1.54) is 12.5 Å². The Morgan fingerprint density at radius 2 is 1.82 bits per heavy atom. The first-order valence-electron chi connectivity index (χ1n) is 9.01. The van der Waals surface area contributed by atoms with Crippen LogP contribution >= 0.6 is 0 Å². The molecule has 1 aliphatic carbocycles. The van der Waals surface area contributed by atoms with Gasteiger partial charge in [-0.25, -0.2) is 0 Å². The maximum atomic E-state index is 10.3. The molecule has 4 atom stereocenters. The zero-order chi connectivity index (χ0) is 19.6. The van der Waals surface area contributed by atoms with Gasteiger partial charge in [0.25, 0.3) is 0 Å². The highest BCUT2D eigenvalue weighted by molar-refractivity contribution is 5.89. The van der Waals surface area contributed by atoms with Gasteiger partial charge in [-0.2, -0.15) is 15.8 Å². The van der Waals surface area contributed by atoms with E-state index >= 15 is 0 Å². The van der Waals surface area contributed by atoms with Crippen LogP contribution in [0.3, 0.4) is 0 Å². The standard InChI is InChI=1S/C19H16N4O5/c20-9-16(10-21)14(12-1-4-24-8-12)27-19-3-2-17(25-5-6-26-17)7-13(19)18(16,11-22)15(23)28-19/h1,4,8,13-14,23H,2-3,5-7H2. The van der Waals surface area contributed by atoms with Crippen molar-refractivity contribution in [2.24, 2.45) is 16.7 Å². The van der Waals surface area contributed by atoms with Gasteiger partial charge in [-0.1, -0.05) is 0 Å². The molecule has 4 fully saturated rings. The lowest BCUT2D eigenvalue weighted by molar-refractivity contribution is -0.330. The van der Waals surface area contributed by atoms with Gasteiger partial charge in [-0.15, -0.1) is 0 Å². The molecule has 9 nitrogen and oxygen atoms in total. The van der Waals surface area contributed by atoms with Gasteiger partial charge in [0.05, 0.1) is 49.9 Å². The van der Waals surface area contributed by atoms with Gasteiger partial charge in [-0.05, 0) is 6.07 Å². The second kappa shape index (κ2) is 5.33. The maximum absolute atomic E-state index is 10.3. The van der Waals surface area contributed by atoms with E-state index in [0.29, 0.717) is 31.6 Å². The summed E-state index contributed by atoms with van der Waals surface area (Å²) in [4.78, 5) is 0. The second-order valence-electron chi connectivity index (χ2n) is 7.61. The van der Waals surface area contributed by atoms with Crippen molar-refractivity contribution in [2.75, 3.05) is 13.2 Å². The molecular formula is C19H16N4O5. The Bertz CT molecular complexity index is 950. The smallest absolute Gasteiger partial charge is 0.218 e. The molecule has 0 aromatic carbocycles. The number of rotatable bonds is 1. The molecule has 4 heterocycles. The number of furan rings is 1. The summed E-state index contributed by atoms with van der Waals surface area (Å²) >= 11 is 0. The number of hydrogen-bond acceptors (Lipinski definition) is 9. The van der Waals surface area contributed by atoms with Crippen molar-refractivity contribution in [3.05, 3.63) is 24.2 Å². The van der Waals surface area contributed by atoms with Crippen LogP contribution < -0.4 is 0 Å². The van der Waals surface area contributed by atoms with E-state index in [2.05, 4.69) is 6.07 Å². The first-order chi connectivity index (χ1) is 13.5. The van der Waals surface area contributed by atoms with Crippen LogP contribution in [-0.4, -0.2) is 30.7 Å². The summed E-state index contributed by atoms with van der Waals surface area (Å²) in [6.07, 6.45) is 2.66. The molecule has 28 heavy (non-hydrogen) atoms. The fraction of sp³-hybridized carbons (Fsp3) is 0.579. The Labute approximate surface area is 160 Å². The third kappa shape index (κ3) is 1.72. The molecule has 5 rings (SSSR count). The average molecular weight is 380 g/mol. The zero-order valence-electron chi connectivity index (χ0n) is 14.8. The van der Waals surface area contributed by atoms with E-state index in [-0.39, 0.29) is 6.42 Å². The van der Waals surface area contributed by atoms with Crippen molar-refractivity contribution in [3.63, 3.8) is 0 Å². The zero-order valence-corrected chi connectivity index (χ0v) is 14.8. The second-order valence-corrected chi connectivity index (χ2v) is 7.61. The van der Waals surface area contributed by atoms with Crippen LogP contribution in [0.1, 0.15) is 30.9 Å². The van der Waals surface area contributed by atoms with Crippen molar-refractivity contribution >= 4 is 5.90 Å². The minimum atomic E-state index is -2.00. The van der Waals surface area contributed by atoms with Crippen molar-refractivity contribution in [1.82, 2.24) is 0 Å². The van der Waals surface area contributed by atoms with Gasteiger partial charge in [0, 0.05) is 24.8 Å². The fourth-order valence-electron chi connectivity index (χ4n) is 5.27. The number of nitriles is 3. The molecule has 9 heteroatoms. The third-order valence-electron chi connectivity index (χ3n) is 6.58. The predicted molar refractivity (Wildman–Crippen MR) is 87.8 cm³/mol. The van der Waals surface area contributed by atoms with Crippen molar-refractivity contribution < 1.29 is 23.4 Å². The summed E-state index contributed by atoms with van der Waals surface area (Å²) in [7, 11) is 0. The Hall–Kier alpha value is -2.90. The summed E-state index contributed by atoms with van der Waals surface area (Å²) in [5.41, 5.74) is -3.36. The van der Waals surface area contributed by atoms with Gasteiger partial charge in [0.1, 0.15) is 6.10 Å². The molecule has 1 spiro atoms. The van der Waals surface area contributed by atoms with Crippen LogP contribution in [0.25, 0.3) is 0 Å². The quantitative estimate of drug-likeness (QED) is 0.780. The SMILES string of the molecule is N#CC1(C#N)C(c2ccoc2)OC23CCC4(CC2C1(C#N)C(=N)O3)OCCO4. The molecule has 3 saturated heterocycles. The van der Waals surface area contributed by atoms with Gasteiger partial charge in [0.15, 0.2) is 11.2 Å². The Balaban J connectivity index is 1.73. The van der Waals surface area contributed by atoms with Crippen LogP contribution in [0.5, 0.6) is 0 Å². The van der Waals surface area contributed by atoms with E-state index < -0.39 is 40.3 Å². The van der Waals surface area contributed by atoms with Crippen molar-refractivity contribution in [2.45, 2.75) is 36.9 Å². The number of nitrogens with one attached hydrogen (secondary N) is 1. The minimum absolute atomic E-state index is 0.201. The Morgan fingerprint density at radius 3 is 2.43 bits per heavy atom. The molecule has 1 aromatic rings. The lowest BCUT2D eigenvalue weighted by Gasteiger charge is -2.53. The lowest BCUT2D eigenvalue weighted by atomic mass is 9.51. The molecule has 4 unspecified atom stereocenters. The molecule has 1 N–H and O–H groups in total. The topological polar surface area (TPSA) is 145 Å². The number of hydrogen-bond donors (Lipinski definition) is 1. The van der Waals surface area contributed by atoms with Crippen LogP contribution in [-0.2, 0) is 18.9 Å². The maximum Gasteiger partial charge on any atom is 0.218 e. The summed E-state index contributed by atoms with van der Waals surface area (Å²) in [6, 6.07) is 7.74. The molecule has 2 bridgehead atoms. The summed E-state index contributed by atoms with van der Waals surface area (Å²) in [5.74, 6) is -3.38. The minimum Gasteiger partial charge on any atom is -0.472 e. The summed E-state index contributed by atoms with van der Waals surface area (Å²) < 4.78 is 28.9. The Morgan fingerprint density at radius 1 is 1.07 bits per heavy atom. The van der Waals surface area contributed by atoms with Crippen LogP contribution in [0.4, 0.5) is 0 Å². The highest BCUT2D eigenvalue weighted by Gasteiger charge is 2.82. The summed E-state index contributed by atoms with van der Waals surface area (Å²) in [6.45, 7) is 0.857. The molecule has 1 aromatic heterocycles. The van der Waals surface area contributed by atoms with E-state index in [1.54, 1.807) is 6.07 Å². The van der Waals surface area contributed by atoms with E-state index in [9.17, 15) is 15.8 Å². The Kier molecular flexibility index (Phi) is 3.28. The highest BCUT2D eigenvalue weighted by Crippen LogP contribution is 2.70. The average Bonchev–Trinajstić information content (AvgIpc) is 3.43. The van der Waals surface area contributed by atoms with Gasteiger partial charge < -0.3 is 23.4 Å². The van der Waals surface area contributed by atoms with E-state index in [4.69, 9.17) is 28.8 Å². The summed E-state index contributed by atoms with van der Waals surface area (Å²) in [5, 5.41) is 39.1. The highest BCUT2D eigenvalue weighted by atomic mass is 16.7. The molecular weight excluding hydrogens is 364 g/mol. The molecule has 1 saturated carbocycles. The van der Waals surface area contributed by atoms with Gasteiger partial charge in [0.2, 0.25) is 17.1 Å². The molecule has 4 aliphatic rings. The van der Waals surface area contributed by atoms with Crippen molar-refractivity contribution in [1.29, 1.82) is 21.2 Å². The van der Waals surface area contributed by atoms with Gasteiger partial charge in [-0.3, -0.25) is 5.41 Å². The third-order valence-corrected chi connectivity index (χ3v) is 6.58. The first kappa shape index (κ1) is 17.2. The fourth-order valence-corrected chi connectivity index (χ4v) is 5.27. The van der Waals surface area contributed by atoms with E-state index in [1.807, 2.05) is 12.1 Å².